The fourth-order valence-corrected chi connectivity index (χ4v) is 8.81. The maximum atomic E-state index is 13.6. The van der Waals surface area contributed by atoms with Crippen LogP contribution in [0.5, 0.6) is 11.5 Å². The molecule has 238 valence electrons. The Morgan fingerprint density at radius 1 is 1.00 bits per heavy atom. The van der Waals surface area contributed by atoms with Crippen molar-refractivity contribution in [1.82, 2.24) is 9.88 Å². The van der Waals surface area contributed by atoms with Gasteiger partial charge in [0.05, 0.1) is 17.0 Å². The molecular formula is C35H42N4O4S2. The van der Waals surface area contributed by atoms with Crippen LogP contribution >= 0.6 is 11.8 Å². The van der Waals surface area contributed by atoms with Gasteiger partial charge in [-0.25, -0.2) is 8.42 Å². The number of rotatable bonds is 12. The monoisotopic (exact) mass is 646 g/mol. The maximum Gasteiger partial charge on any atom is 0.262 e. The standard InChI is InChI=1S/C35H42N4O4S2/c1-2-3-4-5-6-7-9-27-23-37-35(44-27)39-19-17-28-31(39)10-8-11-34(28)45(42,43)38-26-14-12-24(13-15-26)20-30-29-22-33(41)32(40)21-25(29)16-18-36-30/h8,10-15,17,19,21-22,27,30,36,38,40-41H,2-7,9,16,18,20,23H2,1H3. The average Bonchev–Trinajstić information content (AvgIpc) is 3.68. The summed E-state index contributed by atoms with van der Waals surface area (Å²) in [7, 11) is -3.85. The molecule has 3 aromatic carbocycles. The van der Waals surface area contributed by atoms with Crippen molar-refractivity contribution in [2.24, 2.45) is 4.99 Å². The van der Waals surface area contributed by atoms with Crippen LogP contribution < -0.4 is 10.0 Å². The van der Waals surface area contributed by atoms with Crippen molar-refractivity contribution in [3.8, 4) is 11.5 Å². The third-order valence-electron chi connectivity index (χ3n) is 8.81. The van der Waals surface area contributed by atoms with Crippen molar-refractivity contribution in [1.29, 1.82) is 0 Å². The molecule has 8 nitrogen and oxygen atoms in total. The number of anilines is 1. The first-order valence-electron chi connectivity index (χ1n) is 16.0. The second-order valence-electron chi connectivity index (χ2n) is 12.1. The van der Waals surface area contributed by atoms with E-state index in [0.29, 0.717) is 22.7 Å². The minimum atomic E-state index is -3.85. The first kappa shape index (κ1) is 31.5. The quantitative estimate of drug-likeness (QED) is 0.0945. The van der Waals surface area contributed by atoms with E-state index in [-0.39, 0.29) is 22.4 Å². The molecule has 2 atom stereocenters. The number of phenols is 2. The first-order chi connectivity index (χ1) is 21.8. The van der Waals surface area contributed by atoms with Gasteiger partial charge >= 0.3 is 0 Å². The number of sulfonamides is 1. The molecule has 2 aliphatic heterocycles. The van der Waals surface area contributed by atoms with Crippen molar-refractivity contribution < 1.29 is 18.6 Å². The third-order valence-corrected chi connectivity index (χ3v) is 11.5. The molecule has 45 heavy (non-hydrogen) atoms. The molecule has 3 heterocycles. The summed E-state index contributed by atoms with van der Waals surface area (Å²) < 4.78 is 32.0. The fourth-order valence-electron chi connectivity index (χ4n) is 6.38. The fraction of sp³-hybridized carbons (Fsp3) is 0.400. The van der Waals surface area contributed by atoms with Gasteiger partial charge in [0.15, 0.2) is 16.7 Å². The molecule has 1 aromatic heterocycles. The van der Waals surface area contributed by atoms with Gasteiger partial charge < -0.3 is 15.5 Å². The van der Waals surface area contributed by atoms with Crippen LogP contribution in [0, 0.1) is 0 Å². The van der Waals surface area contributed by atoms with Gasteiger partial charge in [-0.2, -0.15) is 0 Å². The highest BCUT2D eigenvalue weighted by Crippen LogP contribution is 2.35. The lowest BCUT2D eigenvalue weighted by molar-refractivity contribution is 0.398. The van der Waals surface area contributed by atoms with Crippen LogP contribution in [0.15, 0.2) is 76.7 Å². The Hall–Kier alpha value is -3.47. The van der Waals surface area contributed by atoms with E-state index in [1.165, 1.54) is 38.5 Å². The van der Waals surface area contributed by atoms with E-state index in [4.69, 9.17) is 4.99 Å². The van der Waals surface area contributed by atoms with E-state index in [1.807, 2.05) is 35.0 Å². The number of aliphatic imine (C=N–C) groups is 1. The Labute approximate surface area is 270 Å². The molecular weight excluding hydrogens is 605 g/mol. The number of nitrogens with one attached hydrogen (secondary N) is 2. The topological polar surface area (TPSA) is 116 Å². The molecule has 2 aliphatic rings. The zero-order valence-electron chi connectivity index (χ0n) is 25.7. The summed E-state index contributed by atoms with van der Waals surface area (Å²) >= 11 is 1.80. The first-order valence-corrected chi connectivity index (χ1v) is 18.4. The van der Waals surface area contributed by atoms with Crippen LogP contribution in [0.3, 0.4) is 0 Å². The lowest BCUT2D eigenvalue weighted by Gasteiger charge is -2.27. The average molecular weight is 647 g/mol. The van der Waals surface area contributed by atoms with Crippen LogP contribution in [-0.2, 0) is 22.9 Å². The summed E-state index contributed by atoms with van der Waals surface area (Å²) in [4.78, 5) is 5.05. The number of hydrogen-bond acceptors (Lipinski definition) is 7. The van der Waals surface area contributed by atoms with Gasteiger partial charge in [0.2, 0.25) is 0 Å². The van der Waals surface area contributed by atoms with Crippen LogP contribution in [0.25, 0.3) is 10.9 Å². The largest absolute Gasteiger partial charge is 0.504 e. The van der Waals surface area contributed by atoms with E-state index in [2.05, 4.69) is 17.0 Å². The molecule has 0 saturated carbocycles. The zero-order valence-corrected chi connectivity index (χ0v) is 27.3. The molecule has 4 aromatic rings. The Balaban J connectivity index is 1.10. The van der Waals surface area contributed by atoms with Crippen molar-refractivity contribution in [3.05, 3.63) is 83.6 Å². The molecule has 0 aliphatic carbocycles. The summed E-state index contributed by atoms with van der Waals surface area (Å²) in [5.74, 6) is -0.225. The number of fused-ring (bicyclic) bond motifs is 2. The van der Waals surface area contributed by atoms with Gasteiger partial charge in [0.25, 0.3) is 10.0 Å². The molecule has 0 spiro atoms. The predicted molar refractivity (Wildman–Crippen MR) is 184 cm³/mol. The number of phenolic OH excluding ortho intramolecular Hbond substituents is 2. The summed E-state index contributed by atoms with van der Waals surface area (Å²) in [5, 5.41) is 25.5. The smallest absolute Gasteiger partial charge is 0.262 e. The summed E-state index contributed by atoms with van der Waals surface area (Å²) in [6.45, 7) is 3.82. The molecule has 0 fully saturated rings. The molecule has 0 amide bonds. The number of nitrogens with zero attached hydrogens (tertiary/aromatic N) is 2. The highest BCUT2D eigenvalue weighted by Gasteiger charge is 2.25. The van der Waals surface area contributed by atoms with E-state index in [1.54, 1.807) is 48.2 Å². The van der Waals surface area contributed by atoms with Gasteiger partial charge in [0, 0.05) is 28.6 Å². The van der Waals surface area contributed by atoms with Gasteiger partial charge in [-0.15, -0.1) is 0 Å². The highest BCUT2D eigenvalue weighted by molar-refractivity contribution is 8.14. The Morgan fingerprint density at radius 2 is 1.78 bits per heavy atom. The summed E-state index contributed by atoms with van der Waals surface area (Å²) in [6.07, 6.45) is 12.3. The van der Waals surface area contributed by atoms with Crippen LogP contribution in [0.1, 0.15) is 74.6 Å². The van der Waals surface area contributed by atoms with Gasteiger partial charge in [-0.05, 0) is 85.0 Å². The molecule has 2 unspecified atom stereocenters. The predicted octanol–water partition coefficient (Wildman–Crippen LogP) is 7.35. The molecule has 0 radical (unpaired) electrons. The van der Waals surface area contributed by atoms with Gasteiger partial charge in [0.1, 0.15) is 0 Å². The summed E-state index contributed by atoms with van der Waals surface area (Å²) in [6, 6.07) is 17.9. The molecule has 0 bridgehead atoms. The van der Waals surface area contributed by atoms with E-state index < -0.39 is 10.0 Å². The third kappa shape index (κ3) is 7.18. The Kier molecular flexibility index (Phi) is 9.72. The normalized spacial score (nSPS) is 18.2. The van der Waals surface area contributed by atoms with E-state index in [9.17, 15) is 18.6 Å². The lowest BCUT2D eigenvalue weighted by Crippen LogP contribution is -2.31. The number of thioether (sulfide) groups is 1. The number of hydrogen-bond donors (Lipinski definition) is 4. The highest BCUT2D eigenvalue weighted by atomic mass is 32.2. The SMILES string of the molecule is CCCCCCCCC1CN=C(n2ccc3c(S(=O)(=O)Nc4ccc(CC5NCCc6cc(O)c(O)cc65)cc4)cccc32)S1. The molecule has 10 heteroatoms. The number of aromatic hydroxyl groups is 2. The second kappa shape index (κ2) is 13.9. The minimum Gasteiger partial charge on any atom is -0.504 e. The molecule has 0 saturated heterocycles. The van der Waals surface area contributed by atoms with Crippen molar-refractivity contribution >= 4 is 43.5 Å². The lowest BCUT2D eigenvalue weighted by atomic mass is 9.90. The van der Waals surface area contributed by atoms with Crippen LogP contribution in [-0.4, -0.2) is 46.7 Å². The van der Waals surface area contributed by atoms with Crippen LogP contribution in [0.4, 0.5) is 5.69 Å². The van der Waals surface area contributed by atoms with Gasteiger partial charge in [-0.1, -0.05) is 75.4 Å². The number of unbranched alkanes of at least 4 members (excludes halogenated alkanes) is 5. The number of benzene rings is 3. The molecule has 4 N–H and O–H groups in total. The Morgan fingerprint density at radius 3 is 2.60 bits per heavy atom. The van der Waals surface area contributed by atoms with Crippen molar-refractivity contribution in [3.63, 3.8) is 0 Å². The van der Waals surface area contributed by atoms with E-state index >= 15 is 0 Å². The van der Waals surface area contributed by atoms with Crippen LogP contribution in [0.2, 0.25) is 0 Å². The minimum absolute atomic E-state index is 0.0158. The maximum absolute atomic E-state index is 13.6. The van der Waals surface area contributed by atoms with Crippen molar-refractivity contribution in [2.75, 3.05) is 17.8 Å². The number of aromatic nitrogens is 1. The van der Waals surface area contributed by atoms with Crippen molar-refractivity contribution in [2.45, 2.75) is 80.9 Å². The van der Waals surface area contributed by atoms with E-state index in [0.717, 1.165) is 53.3 Å². The zero-order chi connectivity index (χ0) is 31.4. The molecule has 6 rings (SSSR count). The Bertz CT molecular complexity index is 1780. The second-order valence-corrected chi connectivity index (χ2v) is 15.0. The summed E-state index contributed by atoms with van der Waals surface area (Å²) in [5.41, 5.74) is 4.34. The van der Waals surface area contributed by atoms with Gasteiger partial charge in [-0.3, -0.25) is 14.3 Å².